The van der Waals surface area contributed by atoms with E-state index in [0.29, 0.717) is 6.54 Å². The molecular weight excluding hydrogens is 168 g/mol. The largest absolute Gasteiger partial charge is 0.465 e. The van der Waals surface area contributed by atoms with Crippen molar-refractivity contribution in [1.29, 1.82) is 0 Å². The van der Waals surface area contributed by atoms with Crippen LogP contribution in [0.4, 0.5) is 13.9 Å². The molecule has 0 atom stereocenters. The molecule has 0 spiro atoms. The first kappa shape index (κ1) is 13.7. The number of halogens is 2. The highest BCUT2D eigenvalue weighted by Crippen LogP contribution is 1.96. The van der Waals surface area contributed by atoms with Gasteiger partial charge in [-0.05, 0) is 6.42 Å². The third-order valence-electron chi connectivity index (χ3n) is 1.31. The summed E-state index contributed by atoms with van der Waals surface area (Å²) in [5.41, 5.74) is 0. The number of rotatable bonds is 5. The number of carboxylic acid groups (broad SMARTS) is 1. The number of carbonyl (C=O) groups is 1. The lowest BCUT2D eigenvalue weighted by atomic mass is 10.2. The van der Waals surface area contributed by atoms with E-state index >= 15 is 0 Å². The summed E-state index contributed by atoms with van der Waals surface area (Å²) in [5, 5.41) is 10.5. The van der Waals surface area contributed by atoms with Gasteiger partial charge in [0.1, 0.15) is 0 Å². The predicted molar refractivity (Wildman–Crippen MR) is 42.4 cm³/mol. The maximum atomic E-state index is 9.92. The van der Waals surface area contributed by atoms with Gasteiger partial charge in [-0.3, -0.25) is 0 Å². The van der Waals surface area contributed by atoms with Crippen molar-refractivity contribution >= 4 is 6.09 Å². The van der Waals surface area contributed by atoms with Gasteiger partial charge in [0.05, 0.1) is 0 Å². The number of hydrogen-bond acceptors (Lipinski definition) is 1. The smallest absolute Gasteiger partial charge is 0.404 e. The molecule has 2 N–H and O–H groups in total. The molecule has 0 unspecified atom stereocenters. The third kappa shape index (κ3) is 16.1. The van der Waals surface area contributed by atoms with Crippen LogP contribution in [0.1, 0.15) is 32.6 Å². The molecule has 0 saturated carbocycles. The SMILES string of the molecule is CCCCCCNC(=O)O.FF. The Labute approximate surface area is 70.6 Å². The van der Waals surface area contributed by atoms with E-state index in [1.807, 2.05) is 0 Å². The van der Waals surface area contributed by atoms with Crippen molar-refractivity contribution in [2.24, 2.45) is 0 Å². The van der Waals surface area contributed by atoms with Gasteiger partial charge in [-0.1, -0.05) is 26.2 Å². The molecule has 0 aromatic carbocycles. The lowest BCUT2D eigenvalue weighted by Gasteiger charge is -1.98. The molecule has 0 aliphatic heterocycles. The topological polar surface area (TPSA) is 49.3 Å². The summed E-state index contributed by atoms with van der Waals surface area (Å²) in [6, 6.07) is 0. The summed E-state index contributed by atoms with van der Waals surface area (Å²) in [7, 11) is 0. The highest BCUT2D eigenvalue weighted by atomic mass is 20.0. The number of nitrogens with one attached hydrogen (secondary N) is 1. The van der Waals surface area contributed by atoms with E-state index in [1.165, 1.54) is 12.8 Å². The van der Waals surface area contributed by atoms with Crippen molar-refractivity contribution in [2.75, 3.05) is 6.54 Å². The fourth-order valence-electron chi connectivity index (χ4n) is 0.747. The molecule has 12 heavy (non-hydrogen) atoms. The van der Waals surface area contributed by atoms with Gasteiger partial charge in [0.25, 0.3) is 0 Å². The molecule has 5 heteroatoms. The number of amides is 1. The monoisotopic (exact) mass is 183 g/mol. The van der Waals surface area contributed by atoms with Gasteiger partial charge in [0.15, 0.2) is 0 Å². The van der Waals surface area contributed by atoms with E-state index in [4.69, 9.17) is 14.3 Å². The number of unbranched alkanes of at least 4 members (excludes halogenated alkanes) is 3. The van der Waals surface area contributed by atoms with Gasteiger partial charge >= 0.3 is 6.09 Å². The Morgan fingerprint density at radius 3 is 2.33 bits per heavy atom. The van der Waals surface area contributed by atoms with Crippen LogP contribution in [-0.4, -0.2) is 17.7 Å². The molecule has 1 amide bonds. The van der Waals surface area contributed by atoms with E-state index in [2.05, 4.69) is 12.2 Å². The van der Waals surface area contributed by atoms with Crippen molar-refractivity contribution in [1.82, 2.24) is 5.32 Å². The second-order valence-electron chi connectivity index (χ2n) is 2.29. The van der Waals surface area contributed by atoms with Gasteiger partial charge < -0.3 is 10.4 Å². The predicted octanol–water partition coefficient (Wildman–Crippen LogP) is 2.67. The van der Waals surface area contributed by atoms with Gasteiger partial charge in [0, 0.05) is 15.7 Å². The van der Waals surface area contributed by atoms with Crippen molar-refractivity contribution in [3.05, 3.63) is 0 Å². The van der Waals surface area contributed by atoms with Crippen LogP contribution in [0.3, 0.4) is 0 Å². The van der Waals surface area contributed by atoms with Crippen LogP contribution in [0.25, 0.3) is 0 Å². The second kappa shape index (κ2) is 12.8. The second-order valence-corrected chi connectivity index (χ2v) is 2.29. The van der Waals surface area contributed by atoms with E-state index in [0.717, 1.165) is 12.8 Å². The summed E-state index contributed by atoms with van der Waals surface area (Å²) in [6.07, 6.45) is 3.54. The first-order chi connectivity index (χ1) is 5.77. The molecule has 0 rings (SSSR count). The van der Waals surface area contributed by atoms with Crippen molar-refractivity contribution in [2.45, 2.75) is 32.6 Å². The normalized spacial score (nSPS) is 8.25. The van der Waals surface area contributed by atoms with Crippen molar-refractivity contribution < 1.29 is 19.0 Å². The lowest BCUT2D eigenvalue weighted by Crippen LogP contribution is -2.21. The molecule has 0 aromatic heterocycles. The van der Waals surface area contributed by atoms with E-state index in [9.17, 15) is 4.79 Å². The average Bonchev–Trinajstić information content (AvgIpc) is 2.07. The van der Waals surface area contributed by atoms with Crippen LogP contribution >= 0.6 is 0 Å². The van der Waals surface area contributed by atoms with Crippen LogP contribution in [0.2, 0.25) is 0 Å². The Hall–Kier alpha value is -0.870. The highest BCUT2D eigenvalue weighted by Gasteiger charge is 1.91. The third-order valence-corrected chi connectivity index (χ3v) is 1.31. The zero-order chi connectivity index (χ0) is 9.82. The molecule has 0 heterocycles. The fraction of sp³-hybridized carbons (Fsp3) is 0.857. The van der Waals surface area contributed by atoms with Crippen molar-refractivity contribution in [3.63, 3.8) is 0 Å². The Morgan fingerprint density at radius 1 is 1.33 bits per heavy atom. The Bertz CT molecular complexity index is 101. The van der Waals surface area contributed by atoms with Crippen LogP contribution in [-0.2, 0) is 0 Å². The van der Waals surface area contributed by atoms with Crippen LogP contribution in [0.5, 0.6) is 0 Å². The molecule has 0 aliphatic rings. The van der Waals surface area contributed by atoms with Gasteiger partial charge in [0.2, 0.25) is 0 Å². The van der Waals surface area contributed by atoms with E-state index in [-0.39, 0.29) is 0 Å². The first-order valence-corrected chi connectivity index (χ1v) is 3.88. The zero-order valence-corrected chi connectivity index (χ0v) is 7.15. The summed E-state index contributed by atoms with van der Waals surface area (Å²) in [5.74, 6) is 0. The summed E-state index contributed by atoms with van der Waals surface area (Å²) >= 11 is 0. The highest BCUT2D eigenvalue weighted by molar-refractivity contribution is 5.64. The Morgan fingerprint density at radius 2 is 1.92 bits per heavy atom. The summed E-state index contributed by atoms with van der Waals surface area (Å²) in [4.78, 5) is 9.92. The van der Waals surface area contributed by atoms with E-state index in [1.54, 1.807) is 0 Å². The van der Waals surface area contributed by atoms with Gasteiger partial charge in [-0.25, -0.2) is 4.79 Å². The molecule has 0 bridgehead atoms. The standard InChI is InChI=1S/C7H15NO2.F2/c1-2-3-4-5-6-8-7(9)10;1-2/h8H,2-6H2,1H3,(H,9,10);. The fourth-order valence-corrected chi connectivity index (χ4v) is 0.747. The maximum absolute atomic E-state index is 9.92. The minimum absolute atomic E-state index is 0.593. The Kier molecular flexibility index (Phi) is 14.6. The molecule has 0 aromatic rings. The minimum atomic E-state index is -0.920. The van der Waals surface area contributed by atoms with Gasteiger partial charge in [-0.15, -0.1) is 0 Å². The zero-order valence-electron chi connectivity index (χ0n) is 7.15. The quantitative estimate of drug-likeness (QED) is 0.644. The number of hydrogen-bond donors (Lipinski definition) is 2. The maximum Gasteiger partial charge on any atom is 0.404 e. The molecule has 0 radical (unpaired) electrons. The van der Waals surface area contributed by atoms with E-state index < -0.39 is 6.09 Å². The molecule has 0 fully saturated rings. The summed E-state index contributed by atoms with van der Waals surface area (Å²) in [6.45, 7) is 2.72. The molecule has 0 aliphatic carbocycles. The first-order valence-electron chi connectivity index (χ1n) is 3.88. The van der Waals surface area contributed by atoms with Crippen molar-refractivity contribution in [3.8, 4) is 0 Å². The van der Waals surface area contributed by atoms with Gasteiger partial charge in [-0.2, -0.15) is 0 Å². The van der Waals surface area contributed by atoms with Crippen LogP contribution in [0.15, 0.2) is 0 Å². The summed E-state index contributed by atoms with van der Waals surface area (Å²) < 4.78 is 16.0. The minimum Gasteiger partial charge on any atom is -0.465 e. The molecule has 0 saturated heterocycles. The van der Waals surface area contributed by atoms with Crippen LogP contribution in [0, 0.1) is 0 Å². The molecule has 3 nitrogen and oxygen atoms in total. The lowest BCUT2D eigenvalue weighted by molar-refractivity contribution is 0.108. The Balaban J connectivity index is 0. The molecule has 74 valence electrons. The average molecular weight is 183 g/mol. The van der Waals surface area contributed by atoms with Crippen LogP contribution < -0.4 is 5.32 Å². The molecular formula is C7H15F2NO2.